The van der Waals surface area contributed by atoms with Gasteiger partial charge in [-0.15, -0.1) is 0 Å². The Labute approximate surface area is 94.5 Å². The van der Waals surface area contributed by atoms with Crippen molar-refractivity contribution in [1.82, 2.24) is 4.98 Å². The quantitative estimate of drug-likeness (QED) is 0.832. The highest BCUT2D eigenvalue weighted by molar-refractivity contribution is 6.33. The second-order valence-electron chi connectivity index (χ2n) is 3.99. The Kier molecular flexibility index (Phi) is 3.44. The molecule has 1 aliphatic rings. The standard InChI is InChI=1S/C11H15ClN2O/c12-9-7-13-5-4-10(9)14-6-8-2-1-3-11(8)15/h4-5,7-8,11,15H,1-3,6H2,(H,13,14). The van der Waals surface area contributed by atoms with Gasteiger partial charge in [0.05, 0.1) is 16.8 Å². The van der Waals surface area contributed by atoms with E-state index in [2.05, 4.69) is 10.3 Å². The summed E-state index contributed by atoms with van der Waals surface area (Å²) in [5.74, 6) is 0.356. The van der Waals surface area contributed by atoms with Crippen LogP contribution in [-0.2, 0) is 0 Å². The van der Waals surface area contributed by atoms with Crippen LogP contribution in [0.3, 0.4) is 0 Å². The zero-order valence-corrected chi connectivity index (χ0v) is 9.24. The van der Waals surface area contributed by atoms with E-state index in [1.807, 2.05) is 6.07 Å². The van der Waals surface area contributed by atoms with Crippen LogP contribution >= 0.6 is 11.6 Å². The van der Waals surface area contributed by atoms with Crippen molar-refractivity contribution in [3.05, 3.63) is 23.5 Å². The van der Waals surface area contributed by atoms with Crippen molar-refractivity contribution in [2.45, 2.75) is 25.4 Å². The van der Waals surface area contributed by atoms with Gasteiger partial charge in [-0.2, -0.15) is 0 Å². The first-order chi connectivity index (χ1) is 7.27. The highest BCUT2D eigenvalue weighted by Gasteiger charge is 2.24. The second kappa shape index (κ2) is 4.81. The molecule has 4 heteroatoms. The number of nitrogens with one attached hydrogen (secondary N) is 1. The van der Waals surface area contributed by atoms with Crippen LogP contribution in [0, 0.1) is 5.92 Å². The van der Waals surface area contributed by atoms with E-state index < -0.39 is 0 Å². The van der Waals surface area contributed by atoms with E-state index in [9.17, 15) is 5.11 Å². The van der Waals surface area contributed by atoms with Crippen LogP contribution in [0.4, 0.5) is 5.69 Å². The molecule has 0 aliphatic heterocycles. The lowest BCUT2D eigenvalue weighted by atomic mass is 10.1. The molecule has 15 heavy (non-hydrogen) atoms. The largest absolute Gasteiger partial charge is 0.393 e. The molecule has 2 unspecified atom stereocenters. The molecule has 82 valence electrons. The lowest BCUT2D eigenvalue weighted by molar-refractivity contribution is 0.138. The predicted molar refractivity (Wildman–Crippen MR) is 61.1 cm³/mol. The monoisotopic (exact) mass is 226 g/mol. The summed E-state index contributed by atoms with van der Waals surface area (Å²) in [6, 6.07) is 1.85. The van der Waals surface area contributed by atoms with Gasteiger partial charge in [-0.25, -0.2) is 0 Å². The number of rotatable bonds is 3. The van der Waals surface area contributed by atoms with Crippen molar-refractivity contribution in [2.24, 2.45) is 5.92 Å². The number of hydrogen-bond acceptors (Lipinski definition) is 3. The molecule has 0 saturated heterocycles. The second-order valence-corrected chi connectivity index (χ2v) is 4.40. The van der Waals surface area contributed by atoms with Gasteiger partial charge in [0.15, 0.2) is 0 Å². The molecule has 1 aliphatic carbocycles. The molecule has 3 nitrogen and oxygen atoms in total. The fourth-order valence-electron chi connectivity index (χ4n) is 2.01. The molecule has 2 N–H and O–H groups in total. The van der Waals surface area contributed by atoms with Crippen LogP contribution in [0.2, 0.25) is 5.02 Å². The molecule has 1 fully saturated rings. The molecule has 2 rings (SSSR count). The van der Waals surface area contributed by atoms with Crippen LogP contribution < -0.4 is 5.32 Å². The van der Waals surface area contributed by atoms with E-state index in [4.69, 9.17) is 11.6 Å². The van der Waals surface area contributed by atoms with Crippen LogP contribution in [-0.4, -0.2) is 22.7 Å². The molecule has 1 aromatic rings. The molecule has 0 aromatic carbocycles. The number of aliphatic hydroxyl groups excluding tert-OH is 1. The van der Waals surface area contributed by atoms with Crippen LogP contribution in [0.1, 0.15) is 19.3 Å². The zero-order chi connectivity index (χ0) is 10.7. The lowest BCUT2D eigenvalue weighted by Gasteiger charge is -2.16. The number of pyridine rings is 1. The van der Waals surface area contributed by atoms with E-state index in [0.717, 1.165) is 31.5 Å². The molecule has 1 heterocycles. The van der Waals surface area contributed by atoms with Crippen molar-refractivity contribution in [3.63, 3.8) is 0 Å². The number of anilines is 1. The van der Waals surface area contributed by atoms with Crippen molar-refractivity contribution >= 4 is 17.3 Å². The fourth-order valence-corrected chi connectivity index (χ4v) is 2.20. The molecule has 1 aromatic heterocycles. The smallest absolute Gasteiger partial charge is 0.0820 e. The summed E-state index contributed by atoms with van der Waals surface area (Å²) in [7, 11) is 0. The Balaban J connectivity index is 1.90. The van der Waals surface area contributed by atoms with Crippen molar-refractivity contribution in [3.8, 4) is 0 Å². The van der Waals surface area contributed by atoms with Gasteiger partial charge in [0.1, 0.15) is 0 Å². The van der Waals surface area contributed by atoms with Crippen molar-refractivity contribution < 1.29 is 5.11 Å². The third-order valence-corrected chi connectivity index (χ3v) is 3.25. The maximum atomic E-state index is 9.65. The third-order valence-electron chi connectivity index (χ3n) is 2.95. The minimum atomic E-state index is -0.155. The highest BCUT2D eigenvalue weighted by Crippen LogP contribution is 2.27. The first-order valence-electron chi connectivity index (χ1n) is 5.29. The predicted octanol–water partition coefficient (Wildman–Crippen LogP) is 2.31. The van der Waals surface area contributed by atoms with E-state index in [0.29, 0.717) is 10.9 Å². The number of nitrogens with zero attached hydrogens (tertiary/aromatic N) is 1. The molecule has 0 spiro atoms. The number of halogens is 1. The SMILES string of the molecule is OC1CCCC1CNc1ccncc1Cl. The Bertz CT molecular complexity index is 332. The van der Waals surface area contributed by atoms with Gasteiger partial charge in [-0.3, -0.25) is 4.98 Å². The maximum Gasteiger partial charge on any atom is 0.0820 e. The summed E-state index contributed by atoms with van der Waals surface area (Å²) < 4.78 is 0. The summed E-state index contributed by atoms with van der Waals surface area (Å²) in [4.78, 5) is 3.92. The zero-order valence-electron chi connectivity index (χ0n) is 8.49. The van der Waals surface area contributed by atoms with Gasteiger partial charge in [0, 0.05) is 24.9 Å². The average Bonchev–Trinajstić information content (AvgIpc) is 2.63. The molecular weight excluding hydrogens is 212 g/mol. The van der Waals surface area contributed by atoms with Crippen molar-refractivity contribution in [1.29, 1.82) is 0 Å². The molecule has 1 saturated carbocycles. The van der Waals surface area contributed by atoms with Gasteiger partial charge in [-0.05, 0) is 18.9 Å². The first-order valence-corrected chi connectivity index (χ1v) is 5.66. The van der Waals surface area contributed by atoms with Gasteiger partial charge >= 0.3 is 0 Å². The Morgan fingerprint density at radius 3 is 3.07 bits per heavy atom. The first kappa shape index (κ1) is 10.7. The van der Waals surface area contributed by atoms with Gasteiger partial charge in [0.2, 0.25) is 0 Å². The average molecular weight is 227 g/mol. The van der Waals surface area contributed by atoms with E-state index in [-0.39, 0.29) is 6.10 Å². The van der Waals surface area contributed by atoms with E-state index >= 15 is 0 Å². The van der Waals surface area contributed by atoms with E-state index in [1.54, 1.807) is 12.4 Å². The van der Waals surface area contributed by atoms with Gasteiger partial charge in [0.25, 0.3) is 0 Å². The molecular formula is C11H15ClN2O. The van der Waals surface area contributed by atoms with Crippen LogP contribution in [0.15, 0.2) is 18.5 Å². The number of aliphatic hydroxyl groups is 1. The summed E-state index contributed by atoms with van der Waals surface area (Å²) in [6.45, 7) is 0.783. The highest BCUT2D eigenvalue weighted by atomic mass is 35.5. The summed E-state index contributed by atoms with van der Waals surface area (Å²) in [6.07, 6.45) is 6.32. The summed E-state index contributed by atoms with van der Waals surface area (Å²) in [5, 5.41) is 13.5. The minimum absolute atomic E-state index is 0.155. The fraction of sp³-hybridized carbons (Fsp3) is 0.545. The Morgan fingerprint density at radius 2 is 2.40 bits per heavy atom. The van der Waals surface area contributed by atoms with Crippen molar-refractivity contribution in [2.75, 3.05) is 11.9 Å². The third kappa shape index (κ3) is 2.61. The minimum Gasteiger partial charge on any atom is -0.393 e. The molecule has 0 amide bonds. The molecule has 2 atom stereocenters. The maximum absolute atomic E-state index is 9.65. The van der Waals surface area contributed by atoms with E-state index in [1.165, 1.54) is 0 Å². The summed E-state index contributed by atoms with van der Waals surface area (Å²) in [5.41, 5.74) is 0.894. The Morgan fingerprint density at radius 1 is 1.53 bits per heavy atom. The van der Waals surface area contributed by atoms with Gasteiger partial charge in [-0.1, -0.05) is 18.0 Å². The van der Waals surface area contributed by atoms with Crippen LogP contribution in [0.5, 0.6) is 0 Å². The Hall–Kier alpha value is -0.800. The number of aromatic nitrogens is 1. The molecule has 0 radical (unpaired) electrons. The van der Waals surface area contributed by atoms with Gasteiger partial charge < -0.3 is 10.4 Å². The van der Waals surface area contributed by atoms with Crippen LogP contribution in [0.25, 0.3) is 0 Å². The lowest BCUT2D eigenvalue weighted by Crippen LogP contribution is -2.21. The number of hydrogen-bond donors (Lipinski definition) is 2. The normalized spacial score (nSPS) is 25.5. The molecule has 0 bridgehead atoms. The topological polar surface area (TPSA) is 45.1 Å². The summed E-state index contributed by atoms with van der Waals surface area (Å²) >= 11 is 5.96.